The van der Waals surface area contributed by atoms with Gasteiger partial charge < -0.3 is 10.1 Å². The molecule has 8 heteroatoms. The predicted molar refractivity (Wildman–Crippen MR) is 87.9 cm³/mol. The maximum Gasteiger partial charge on any atom is 0.324 e. The molecule has 1 aliphatic heterocycles. The Labute approximate surface area is 139 Å². The number of carbonyl (C=O) groups excluding carboxylic acids is 1. The van der Waals surface area contributed by atoms with Crippen LogP contribution in [0.25, 0.3) is 0 Å². The smallest absolute Gasteiger partial charge is 0.324 e. The first-order chi connectivity index (χ1) is 11.1. The Morgan fingerprint density at radius 3 is 2.96 bits per heavy atom. The minimum absolute atomic E-state index is 0.323. The molecule has 2 amide bonds. The minimum Gasteiger partial charge on any atom is -0.381 e. The maximum absolute atomic E-state index is 12.1. The second-order valence-electron chi connectivity index (χ2n) is 5.43. The largest absolute Gasteiger partial charge is 0.381 e. The van der Waals surface area contributed by atoms with E-state index in [4.69, 9.17) is 16.3 Å². The molecule has 0 unspecified atom stereocenters. The van der Waals surface area contributed by atoms with Gasteiger partial charge >= 0.3 is 6.03 Å². The average molecular weight is 336 g/mol. The van der Waals surface area contributed by atoms with Gasteiger partial charge in [-0.3, -0.25) is 10.00 Å². The lowest BCUT2D eigenvalue weighted by Crippen LogP contribution is -2.22. The first kappa shape index (κ1) is 15.8. The van der Waals surface area contributed by atoms with Crippen LogP contribution in [-0.2, 0) is 4.74 Å². The van der Waals surface area contributed by atoms with Crippen molar-refractivity contribution < 1.29 is 9.53 Å². The fourth-order valence-corrected chi connectivity index (χ4v) is 2.62. The predicted octanol–water partition coefficient (Wildman–Crippen LogP) is 3.24. The number of nitrogens with zero attached hydrogens (tertiary/aromatic N) is 3. The summed E-state index contributed by atoms with van der Waals surface area (Å²) in [7, 11) is 0. The van der Waals surface area contributed by atoms with Crippen molar-refractivity contribution in [1.82, 2.24) is 14.8 Å². The molecule has 1 aliphatic rings. The van der Waals surface area contributed by atoms with E-state index in [2.05, 4.69) is 20.7 Å². The second-order valence-corrected chi connectivity index (χ2v) is 5.81. The Morgan fingerprint density at radius 1 is 1.39 bits per heavy atom. The van der Waals surface area contributed by atoms with Gasteiger partial charge in [0.2, 0.25) is 0 Å². The number of nitrogens with one attached hydrogen (secondary N) is 2. The van der Waals surface area contributed by atoms with E-state index < -0.39 is 0 Å². The summed E-state index contributed by atoms with van der Waals surface area (Å²) in [5.41, 5.74) is 1.45. The Bertz CT molecular complexity index is 697. The molecule has 0 saturated carbocycles. The molecule has 1 saturated heterocycles. The monoisotopic (exact) mass is 335 g/mol. The average Bonchev–Trinajstić information content (AvgIpc) is 3.00. The molecule has 2 aromatic heterocycles. The van der Waals surface area contributed by atoms with Crippen molar-refractivity contribution in [1.29, 1.82) is 0 Å². The van der Waals surface area contributed by atoms with Crippen LogP contribution in [0.3, 0.4) is 0 Å². The number of carbonyl (C=O) groups is 1. The van der Waals surface area contributed by atoms with Gasteiger partial charge in [-0.2, -0.15) is 5.10 Å². The molecule has 1 fully saturated rings. The first-order valence-corrected chi connectivity index (χ1v) is 7.82. The van der Waals surface area contributed by atoms with Crippen LogP contribution in [0.5, 0.6) is 0 Å². The highest BCUT2D eigenvalue weighted by Gasteiger charge is 2.17. The number of anilines is 2. The van der Waals surface area contributed by atoms with E-state index in [0.717, 1.165) is 31.6 Å². The molecule has 0 spiro atoms. The molecule has 7 nitrogen and oxygen atoms in total. The van der Waals surface area contributed by atoms with Gasteiger partial charge in [0.15, 0.2) is 5.82 Å². The molecule has 0 radical (unpaired) electrons. The second kappa shape index (κ2) is 6.97. The van der Waals surface area contributed by atoms with E-state index in [0.29, 0.717) is 22.7 Å². The third-order valence-electron chi connectivity index (χ3n) is 3.73. The van der Waals surface area contributed by atoms with Crippen molar-refractivity contribution in [3.63, 3.8) is 0 Å². The minimum atomic E-state index is -0.368. The van der Waals surface area contributed by atoms with Crippen LogP contribution in [0.1, 0.15) is 24.4 Å². The molecule has 0 aromatic carbocycles. The zero-order valence-electron chi connectivity index (χ0n) is 12.8. The van der Waals surface area contributed by atoms with Gasteiger partial charge in [0.05, 0.1) is 6.04 Å². The Kier molecular flexibility index (Phi) is 4.78. The number of aromatic nitrogens is 3. The van der Waals surface area contributed by atoms with Crippen molar-refractivity contribution in [2.24, 2.45) is 0 Å². The van der Waals surface area contributed by atoms with Gasteiger partial charge in [-0.1, -0.05) is 11.6 Å². The van der Waals surface area contributed by atoms with Crippen LogP contribution >= 0.6 is 11.6 Å². The summed E-state index contributed by atoms with van der Waals surface area (Å²) < 4.78 is 7.22. The van der Waals surface area contributed by atoms with Crippen LogP contribution in [0, 0.1) is 6.92 Å². The summed E-state index contributed by atoms with van der Waals surface area (Å²) in [5, 5.41) is 10.2. The highest BCUT2D eigenvalue weighted by atomic mass is 35.5. The summed E-state index contributed by atoms with van der Waals surface area (Å²) >= 11 is 5.84. The van der Waals surface area contributed by atoms with Gasteiger partial charge in [-0.15, -0.1) is 0 Å². The highest BCUT2D eigenvalue weighted by molar-refractivity contribution is 6.29. The first-order valence-electron chi connectivity index (χ1n) is 7.45. The Balaban J connectivity index is 1.61. The normalized spacial score (nSPS) is 15.4. The number of urea groups is 1. The van der Waals surface area contributed by atoms with Crippen LogP contribution in [0.4, 0.5) is 16.3 Å². The van der Waals surface area contributed by atoms with E-state index >= 15 is 0 Å². The molecule has 0 atom stereocenters. The standard InChI is InChI=1S/C15H18ClN5O2/c1-10-9-17-13(16)8-12(10)18-15(22)19-14-2-5-21(20-14)11-3-6-23-7-4-11/h2,5,8-9,11H,3-4,6-7H2,1H3,(H2,17,18,19,20,22). The van der Waals surface area contributed by atoms with E-state index in [1.165, 1.54) is 0 Å². The van der Waals surface area contributed by atoms with E-state index in [-0.39, 0.29) is 6.03 Å². The summed E-state index contributed by atoms with van der Waals surface area (Å²) in [6.45, 7) is 3.34. The number of rotatable bonds is 3. The molecule has 23 heavy (non-hydrogen) atoms. The molecule has 3 rings (SSSR count). The molecule has 2 aromatic rings. The van der Waals surface area contributed by atoms with Crippen molar-refractivity contribution in [3.8, 4) is 0 Å². The number of hydrogen-bond acceptors (Lipinski definition) is 4. The lowest BCUT2D eigenvalue weighted by atomic mass is 10.1. The zero-order valence-corrected chi connectivity index (χ0v) is 13.5. The number of hydrogen-bond donors (Lipinski definition) is 2. The van der Waals surface area contributed by atoms with E-state index in [1.54, 1.807) is 18.3 Å². The number of aryl methyl sites for hydroxylation is 1. The van der Waals surface area contributed by atoms with Gasteiger partial charge in [0.25, 0.3) is 0 Å². The fourth-order valence-electron chi connectivity index (χ4n) is 2.46. The van der Waals surface area contributed by atoms with Gasteiger partial charge in [-0.25, -0.2) is 9.78 Å². The maximum atomic E-state index is 12.1. The molecule has 3 heterocycles. The van der Waals surface area contributed by atoms with Crippen molar-refractivity contribution in [2.75, 3.05) is 23.8 Å². The lowest BCUT2D eigenvalue weighted by Gasteiger charge is -2.22. The van der Waals surface area contributed by atoms with Gasteiger partial charge in [0.1, 0.15) is 5.15 Å². The highest BCUT2D eigenvalue weighted by Crippen LogP contribution is 2.21. The van der Waals surface area contributed by atoms with Gasteiger partial charge in [0, 0.05) is 37.4 Å². The van der Waals surface area contributed by atoms with Crippen LogP contribution < -0.4 is 10.6 Å². The number of pyridine rings is 1. The zero-order chi connectivity index (χ0) is 16.2. The number of halogens is 1. The lowest BCUT2D eigenvalue weighted by molar-refractivity contribution is 0.0663. The molecule has 122 valence electrons. The van der Waals surface area contributed by atoms with Crippen LogP contribution in [0.2, 0.25) is 5.15 Å². The summed E-state index contributed by atoms with van der Waals surface area (Å²) in [4.78, 5) is 16.0. The number of ether oxygens (including phenoxy) is 1. The summed E-state index contributed by atoms with van der Waals surface area (Å²) in [5.74, 6) is 0.506. The third-order valence-corrected chi connectivity index (χ3v) is 3.94. The third kappa shape index (κ3) is 4.00. The Hall–Kier alpha value is -2.12. The summed E-state index contributed by atoms with van der Waals surface area (Å²) in [6, 6.07) is 3.34. The van der Waals surface area contributed by atoms with Gasteiger partial charge in [-0.05, 0) is 31.4 Å². The summed E-state index contributed by atoms with van der Waals surface area (Å²) in [6.07, 6.45) is 5.35. The molecular formula is C15H18ClN5O2. The number of amides is 2. The topological polar surface area (TPSA) is 81.1 Å². The van der Waals surface area contributed by atoms with E-state index in [1.807, 2.05) is 17.8 Å². The molecule has 0 aliphatic carbocycles. The van der Waals surface area contributed by atoms with Crippen molar-refractivity contribution in [3.05, 3.63) is 35.2 Å². The molecular weight excluding hydrogens is 318 g/mol. The quantitative estimate of drug-likeness (QED) is 0.844. The Morgan fingerprint density at radius 2 is 2.17 bits per heavy atom. The SMILES string of the molecule is Cc1cnc(Cl)cc1NC(=O)Nc1ccn(C2CCOCC2)n1. The molecule has 0 bridgehead atoms. The van der Waals surface area contributed by atoms with Crippen LogP contribution in [0.15, 0.2) is 24.5 Å². The van der Waals surface area contributed by atoms with Crippen molar-refractivity contribution >= 4 is 29.1 Å². The van der Waals surface area contributed by atoms with Crippen LogP contribution in [-0.4, -0.2) is 34.0 Å². The molecule has 2 N–H and O–H groups in total. The fraction of sp³-hybridized carbons (Fsp3) is 0.400. The van der Waals surface area contributed by atoms with Crippen molar-refractivity contribution in [2.45, 2.75) is 25.8 Å². The van der Waals surface area contributed by atoms with E-state index in [9.17, 15) is 4.79 Å².